The Labute approximate surface area is 118 Å². The van der Waals surface area contributed by atoms with E-state index in [0.29, 0.717) is 5.88 Å². The molecule has 20 heavy (non-hydrogen) atoms. The largest absolute Gasteiger partial charge is 0.481 e. The summed E-state index contributed by atoms with van der Waals surface area (Å²) in [5, 5.41) is 3.27. The molecule has 3 nitrogen and oxygen atoms in total. The first-order valence-electron chi connectivity index (χ1n) is 6.57. The number of nitrogens with zero attached hydrogens (tertiary/aromatic N) is 1. The van der Waals surface area contributed by atoms with E-state index in [9.17, 15) is 4.39 Å². The highest BCUT2D eigenvalue weighted by Crippen LogP contribution is 2.26. The third-order valence-corrected chi connectivity index (χ3v) is 3.45. The molecule has 1 heterocycles. The Bertz CT molecular complexity index is 586. The summed E-state index contributed by atoms with van der Waals surface area (Å²) in [6, 6.07) is 8.84. The molecule has 1 aromatic heterocycles. The van der Waals surface area contributed by atoms with E-state index in [4.69, 9.17) is 4.74 Å². The molecule has 1 atom stereocenters. The Morgan fingerprint density at radius 2 is 2.15 bits per heavy atom. The minimum Gasteiger partial charge on any atom is -0.481 e. The van der Waals surface area contributed by atoms with Gasteiger partial charge in [-0.2, -0.15) is 0 Å². The van der Waals surface area contributed by atoms with Gasteiger partial charge in [0.05, 0.1) is 7.11 Å². The number of rotatable bonds is 5. The monoisotopic (exact) mass is 274 g/mol. The third-order valence-electron chi connectivity index (χ3n) is 3.45. The summed E-state index contributed by atoms with van der Waals surface area (Å²) >= 11 is 0. The quantitative estimate of drug-likeness (QED) is 0.910. The lowest BCUT2D eigenvalue weighted by atomic mass is 9.96. The van der Waals surface area contributed by atoms with Crippen molar-refractivity contribution in [3.05, 3.63) is 59.0 Å². The summed E-state index contributed by atoms with van der Waals surface area (Å²) in [4.78, 5) is 4.22. The summed E-state index contributed by atoms with van der Waals surface area (Å²) < 4.78 is 18.5. The second-order valence-corrected chi connectivity index (χ2v) is 4.72. The van der Waals surface area contributed by atoms with E-state index in [0.717, 1.165) is 23.1 Å². The van der Waals surface area contributed by atoms with E-state index >= 15 is 0 Å². The molecular weight excluding hydrogens is 255 g/mol. The van der Waals surface area contributed by atoms with Crippen LogP contribution in [0.25, 0.3) is 0 Å². The van der Waals surface area contributed by atoms with Crippen molar-refractivity contribution in [2.75, 3.05) is 14.2 Å². The van der Waals surface area contributed by atoms with Gasteiger partial charge in [-0.15, -0.1) is 0 Å². The summed E-state index contributed by atoms with van der Waals surface area (Å²) in [5.41, 5.74) is 3.06. The molecule has 0 radical (unpaired) electrons. The molecule has 0 fully saturated rings. The number of nitrogens with one attached hydrogen (secondary N) is 1. The summed E-state index contributed by atoms with van der Waals surface area (Å²) in [6.07, 6.45) is 2.46. The molecule has 2 rings (SSSR count). The molecule has 0 spiro atoms. The Kier molecular flexibility index (Phi) is 4.69. The minimum absolute atomic E-state index is 0.0720. The number of aromatic nitrogens is 1. The summed E-state index contributed by atoms with van der Waals surface area (Å²) in [7, 11) is 3.51. The van der Waals surface area contributed by atoms with Gasteiger partial charge < -0.3 is 10.1 Å². The van der Waals surface area contributed by atoms with Crippen LogP contribution in [0, 0.1) is 12.7 Å². The average molecular weight is 274 g/mol. The molecule has 106 valence electrons. The van der Waals surface area contributed by atoms with E-state index in [1.165, 1.54) is 6.07 Å². The van der Waals surface area contributed by atoms with Crippen LogP contribution in [0.1, 0.15) is 22.7 Å². The van der Waals surface area contributed by atoms with Crippen LogP contribution < -0.4 is 10.1 Å². The molecule has 1 aromatic carbocycles. The van der Waals surface area contributed by atoms with Crippen LogP contribution in [-0.2, 0) is 6.42 Å². The van der Waals surface area contributed by atoms with Gasteiger partial charge in [0.25, 0.3) is 0 Å². The number of hydrogen-bond donors (Lipinski definition) is 1. The first-order valence-corrected chi connectivity index (χ1v) is 6.57. The lowest BCUT2D eigenvalue weighted by Crippen LogP contribution is -2.20. The number of pyridine rings is 1. The van der Waals surface area contributed by atoms with E-state index in [-0.39, 0.29) is 11.9 Å². The van der Waals surface area contributed by atoms with Gasteiger partial charge in [-0.05, 0) is 49.7 Å². The second kappa shape index (κ2) is 6.48. The van der Waals surface area contributed by atoms with Gasteiger partial charge in [0.2, 0.25) is 5.88 Å². The predicted molar refractivity (Wildman–Crippen MR) is 77.4 cm³/mol. The fraction of sp³-hybridized carbons (Fsp3) is 0.312. The second-order valence-electron chi connectivity index (χ2n) is 4.72. The van der Waals surface area contributed by atoms with Gasteiger partial charge in [0.15, 0.2) is 0 Å². The van der Waals surface area contributed by atoms with Crippen molar-refractivity contribution in [1.82, 2.24) is 10.3 Å². The van der Waals surface area contributed by atoms with Crippen molar-refractivity contribution in [2.45, 2.75) is 19.4 Å². The first kappa shape index (κ1) is 14.5. The maximum absolute atomic E-state index is 13.2. The normalized spacial score (nSPS) is 12.2. The fourth-order valence-corrected chi connectivity index (χ4v) is 2.31. The number of likely N-dealkylation sites (N-methyl/N-ethyl adjacent to an activating group) is 1. The standard InChI is InChI=1S/C16H19FN2O/c1-11-9-13(17)7-6-12(11)10-15(18-2)14-5-4-8-19-16(14)20-3/h4-9,15,18H,10H2,1-3H3. The van der Waals surface area contributed by atoms with Gasteiger partial charge in [0.1, 0.15) is 5.82 Å². The Morgan fingerprint density at radius 1 is 1.35 bits per heavy atom. The van der Waals surface area contributed by atoms with Gasteiger partial charge in [-0.25, -0.2) is 9.37 Å². The van der Waals surface area contributed by atoms with Crippen LogP contribution in [-0.4, -0.2) is 19.1 Å². The molecular formula is C16H19FN2O. The zero-order chi connectivity index (χ0) is 14.5. The van der Waals surface area contributed by atoms with Crippen LogP contribution in [0.2, 0.25) is 0 Å². The van der Waals surface area contributed by atoms with Crippen molar-refractivity contribution in [3.63, 3.8) is 0 Å². The Morgan fingerprint density at radius 3 is 2.80 bits per heavy atom. The molecule has 1 unspecified atom stereocenters. The SMILES string of the molecule is CNC(Cc1ccc(F)cc1C)c1cccnc1OC. The molecule has 0 saturated heterocycles. The minimum atomic E-state index is -0.203. The van der Waals surface area contributed by atoms with Crippen LogP contribution >= 0.6 is 0 Å². The molecule has 0 bridgehead atoms. The zero-order valence-electron chi connectivity index (χ0n) is 12.0. The van der Waals surface area contributed by atoms with Crippen LogP contribution in [0.4, 0.5) is 4.39 Å². The van der Waals surface area contributed by atoms with Crippen molar-refractivity contribution in [1.29, 1.82) is 0 Å². The van der Waals surface area contributed by atoms with Gasteiger partial charge in [-0.1, -0.05) is 12.1 Å². The predicted octanol–water partition coefficient (Wildman–Crippen LogP) is 3.04. The lowest BCUT2D eigenvalue weighted by Gasteiger charge is -2.19. The molecule has 1 N–H and O–H groups in total. The van der Waals surface area contributed by atoms with Crippen molar-refractivity contribution in [3.8, 4) is 5.88 Å². The smallest absolute Gasteiger partial charge is 0.217 e. The van der Waals surface area contributed by atoms with Crippen molar-refractivity contribution >= 4 is 0 Å². The molecule has 0 aliphatic carbocycles. The molecule has 4 heteroatoms. The van der Waals surface area contributed by atoms with Gasteiger partial charge >= 0.3 is 0 Å². The summed E-state index contributed by atoms with van der Waals surface area (Å²) in [5.74, 6) is 0.415. The highest BCUT2D eigenvalue weighted by molar-refractivity contribution is 5.33. The zero-order valence-corrected chi connectivity index (χ0v) is 12.0. The molecule has 2 aromatic rings. The average Bonchev–Trinajstić information content (AvgIpc) is 2.46. The van der Waals surface area contributed by atoms with Crippen molar-refractivity contribution in [2.24, 2.45) is 0 Å². The highest BCUT2D eigenvalue weighted by Gasteiger charge is 2.16. The van der Waals surface area contributed by atoms with Crippen LogP contribution in [0.15, 0.2) is 36.5 Å². The first-order chi connectivity index (χ1) is 9.65. The van der Waals surface area contributed by atoms with E-state index in [1.54, 1.807) is 19.4 Å². The van der Waals surface area contributed by atoms with Gasteiger partial charge in [0, 0.05) is 17.8 Å². The maximum Gasteiger partial charge on any atom is 0.217 e. The van der Waals surface area contributed by atoms with E-state index in [1.807, 2.05) is 32.2 Å². The lowest BCUT2D eigenvalue weighted by molar-refractivity contribution is 0.384. The van der Waals surface area contributed by atoms with Crippen LogP contribution in [0.3, 0.4) is 0 Å². The van der Waals surface area contributed by atoms with Crippen molar-refractivity contribution < 1.29 is 9.13 Å². The molecule has 0 aliphatic heterocycles. The van der Waals surface area contributed by atoms with E-state index in [2.05, 4.69) is 10.3 Å². The van der Waals surface area contributed by atoms with Gasteiger partial charge in [-0.3, -0.25) is 0 Å². The number of ether oxygens (including phenoxy) is 1. The van der Waals surface area contributed by atoms with E-state index < -0.39 is 0 Å². The molecule has 0 aliphatic rings. The Balaban J connectivity index is 2.29. The number of aryl methyl sites for hydroxylation is 1. The molecule has 0 amide bonds. The number of benzene rings is 1. The maximum atomic E-state index is 13.2. The number of hydrogen-bond acceptors (Lipinski definition) is 3. The number of methoxy groups -OCH3 is 1. The summed E-state index contributed by atoms with van der Waals surface area (Å²) in [6.45, 7) is 1.92. The molecule has 0 saturated carbocycles. The highest BCUT2D eigenvalue weighted by atomic mass is 19.1. The topological polar surface area (TPSA) is 34.2 Å². The Hall–Kier alpha value is -1.94. The van der Waals surface area contributed by atoms with Crippen LogP contribution in [0.5, 0.6) is 5.88 Å². The fourth-order valence-electron chi connectivity index (χ4n) is 2.31. The number of halogens is 1. The third kappa shape index (κ3) is 3.14.